The minimum absolute atomic E-state index is 0.208. The molecule has 29 heavy (non-hydrogen) atoms. The van der Waals surface area contributed by atoms with Gasteiger partial charge >= 0.3 is 5.97 Å². The number of fused-ring (bicyclic) bond motifs is 1. The highest BCUT2D eigenvalue weighted by atomic mass is 32.2. The zero-order valence-electron chi connectivity index (χ0n) is 16.1. The molecule has 4 rings (SSSR count). The number of cyclic esters (lactones) is 1. The van der Waals surface area contributed by atoms with Gasteiger partial charge in [-0.2, -0.15) is 4.31 Å². The Morgan fingerprint density at radius 1 is 1.00 bits per heavy atom. The number of nitrogens with zero attached hydrogens (tertiary/aromatic N) is 2. The van der Waals surface area contributed by atoms with Gasteiger partial charge < -0.3 is 9.64 Å². The molecule has 1 amide bonds. The van der Waals surface area contributed by atoms with E-state index in [0.29, 0.717) is 12.0 Å². The number of carbonyl (C=O) groups is 2. The van der Waals surface area contributed by atoms with Crippen molar-refractivity contribution in [2.45, 2.75) is 24.3 Å². The normalized spacial score (nSPS) is 20.1. The maximum absolute atomic E-state index is 12.9. The number of hydrogen-bond donors (Lipinski definition) is 0. The quantitative estimate of drug-likeness (QED) is 0.713. The number of sulfonamides is 1. The Morgan fingerprint density at radius 3 is 2.34 bits per heavy atom. The van der Waals surface area contributed by atoms with Crippen molar-refractivity contribution < 1.29 is 22.7 Å². The second-order valence-corrected chi connectivity index (χ2v) is 9.24. The van der Waals surface area contributed by atoms with Crippen LogP contribution in [0.25, 0.3) is 0 Å². The molecule has 7 nitrogen and oxygen atoms in total. The van der Waals surface area contributed by atoms with E-state index >= 15 is 0 Å². The van der Waals surface area contributed by atoms with Crippen LogP contribution in [0.15, 0.2) is 53.4 Å². The first-order chi connectivity index (χ1) is 13.9. The van der Waals surface area contributed by atoms with E-state index in [-0.39, 0.29) is 37.0 Å². The number of esters is 1. The highest BCUT2D eigenvalue weighted by molar-refractivity contribution is 7.89. The molecular formula is C21H22N2O5S. The maximum Gasteiger partial charge on any atom is 0.339 e. The molecule has 2 aliphatic rings. The monoisotopic (exact) mass is 414 g/mol. The standard InChI is InChI=1S/C21H22N2O5S/c1-15-6-8-17(9-7-15)29(26,27)23-12-10-22(11-13-23)20(24)19-14-16-4-2-3-5-18(16)21(25)28-19/h2-9,19H,10-14H2,1H3. The van der Waals surface area contributed by atoms with Crippen molar-refractivity contribution >= 4 is 21.9 Å². The molecule has 2 aromatic carbocycles. The number of amides is 1. The molecule has 1 fully saturated rings. The average molecular weight is 414 g/mol. The van der Waals surface area contributed by atoms with Gasteiger partial charge in [0.25, 0.3) is 5.91 Å². The highest BCUT2D eigenvalue weighted by Crippen LogP contribution is 2.23. The Labute approximate surface area is 169 Å². The van der Waals surface area contributed by atoms with Crippen molar-refractivity contribution in [2.24, 2.45) is 0 Å². The molecule has 1 atom stereocenters. The van der Waals surface area contributed by atoms with Crippen molar-refractivity contribution in [1.29, 1.82) is 0 Å². The van der Waals surface area contributed by atoms with E-state index < -0.39 is 22.1 Å². The first-order valence-corrected chi connectivity index (χ1v) is 10.9. The summed E-state index contributed by atoms with van der Waals surface area (Å²) in [5.74, 6) is -0.772. The third-order valence-electron chi connectivity index (χ3n) is 5.38. The van der Waals surface area contributed by atoms with Crippen molar-refractivity contribution in [2.75, 3.05) is 26.2 Å². The van der Waals surface area contributed by atoms with E-state index in [2.05, 4.69) is 0 Å². The zero-order valence-corrected chi connectivity index (χ0v) is 16.9. The maximum atomic E-state index is 12.9. The lowest BCUT2D eigenvalue weighted by Crippen LogP contribution is -2.54. The second-order valence-electron chi connectivity index (χ2n) is 7.30. The fraction of sp³-hybridized carbons (Fsp3) is 0.333. The molecule has 8 heteroatoms. The molecule has 1 unspecified atom stereocenters. The fourth-order valence-corrected chi connectivity index (χ4v) is 5.10. The number of piperazine rings is 1. The lowest BCUT2D eigenvalue weighted by atomic mass is 9.98. The van der Waals surface area contributed by atoms with Crippen LogP contribution in [0, 0.1) is 6.92 Å². The molecular weight excluding hydrogens is 392 g/mol. The predicted molar refractivity (Wildman–Crippen MR) is 106 cm³/mol. The smallest absolute Gasteiger partial charge is 0.339 e. The summed E-state index contributed by atoms with van der Waals surface area (Å²) >= 11 is 0. The van der Waals surface area contributed by atoms with E-state index in [1.54, 1.807) is 41.3 Å². The molecule has 0 spiro atoms. The predicted octanol–water partition coefficient (Wildman–Crippen LogP) is 1.61. The summed E-state index contributed by atoms with van der Waals surface area (Å²) in [5, 5.41) is 0. The molecule has 152 valence electrons. The Balaban J connectivity index is 1.41. The van der Waals surface area contributed by atoms with Gasteiger partial charge in [0.05, 0.1) is 10.5 Å². The summed E-state index contributed by atoms with van der Waals surface area (Å²) in [5.41, 5.74) is 2.27. The van der Waals surface area contributed by atoms with Crippen LogP contribution in [0.3, 0.4) is 0 Å². The molecule has 2 aliphatic heterocycles. The Morgan fingerprint density at radius 2 is 1.66 bits per heavy atom. The zero-order chi connectivity index (χ0) is 20.6. The van der Waals surface area contributed by atoms with Gasteiger partial charge in [-0.05, 0) is 30.7 Å². The van der Waals surface area contributed by atoms with E-state index in [1.807, 2.05) is 19.1 Å². The highest BCUT2D eigenvalue weighted by Gasteiger charge is 2.36. The number of rotatable bonds is 3. The van der Waals surface area contributed by atoms with E-state index in [1.165, 1.54) is 4.31 Å². The van der Waals surface area contributed by atoms with Gasteiger partial charge in [-0.25, -0.2) is 13.2 Å². The van der Waals surface area contributed by atoms with Gasteiger partial charge in [-0.3, -0.25) is 4.79 Å². The average Bonchev–Trinajstić information content (AvgIpc) is 2.73. The van der Waals surface area contributed by atoms with Gasteiger partial charge in [0.2, 0.25) is 10.0 Å². The van der Waals surface area contributed by atoms with Crippen LogP contribution in [-0.2, 0) is 26.0 Å². The number of aryl methyl sites for hydroxylation is 1. The summed E-state index contributed by atoms with van der Waals surface area (Å²) in [6, 6.07) is 13.8. The van der Waals surface area contributed by atoms with Crippen LogP contribution in [0.2, 0.25) is 0 Å². The van der Waals surface area contributed by atoms with Crippen LogP contribution in [0.1, 0.15) is 21.5 Å². The topological polar surface area (TPSA) is 84.0 Å². The van der Waals surface area contributed by atoms with E-state index in [0.717, 1.165) is 11.1 Å². The summed E-state index contributed by atoms with van der Waals surface area (Å²) in [7, 11) is -3.59. The van der Waals surface area contributed by atoms with Crippen molar-refractivity contribution in [3.05, 3.63) is 65.2 Å². The molecule has 0 aliphatic carbocycles. The van der Waals surface area contributed by atoms with Crippen molar-refractivity contribution in [1.82, 2.24) is 9.21 Å². The minimum Gasteiger partial charge on any atom is -0.448 e. The Hall–Kier alpha value is -2.71. The summed E-state index contributed by atoms with van der Waals surface area (Å²) in [4.78, 5) is 26.8. The number of benzene rings is 2. The molecule has 0 N–H and O–H groups in total. The molecule has 2 heterocycles. The lowest BCUT2D eigenvalue weighted by molar-refractivity contribution is -0.142. The summed E-state index contributed by atoms with van der Waals surface area (Å²) in [6.45, 7) is 2.84. The van der Waals surface area contributed by atoms with Gasteiger partial charge in [0.1, 0.15) is 0 Å². The third kappa shape index (κ3) is 3.77. The van der Waals surface area contributed by atoms with Crippen LogP contribution in [-0.4, -0.2) is 61.8 Å². The second kappa shape index (κ2) is 7.61. The number of hydrogen-bond acceptors (Lipinski definition) is 5. The lowest BCUT2D eigenvalue weighted by Gasteiger charge is -2.36. The van der Waals surface area contributed by atoms with Crippen LogP contribution >= 0.6 is 0 Å². The molecule has 0 aromatic heterocycles. The first-order valence-electron chi connectivity index (χ1n) is 9.51. The van der Waals surface area contributed by atoms with Crippen molar-refractivity contribution in [3.63, 3.8) is 0 Å². The molecule has 0 radical (unpaired) electrons. The Bertz CT molecular complexity index is 1040. The Kier molecular flexibility index (Phi) is 5.14. The SMILES string of the molecule is Cc1ccc(S(=O)(=O)N2CCN(C(=O)C3Cc4ccccc4C(=O)O3)CC2)cc1. The molecule has 1 saturated heterocycles. The molecule has 2 aromatic rings. The largest absolute Gasteiger partial charge is 0.448 e. The molecule has 0 saturated carbocycles. The first kappa shape index (κ1) is 19.6. The van der Waals surface area contributed by atoms with Crippen LogP contribution < -0.4 is 0 Å². The van der Waals surface area contributed by atoms with Crippen LogP contribution in [0.5, 0.6) is 0 Å². The van der Waals surface area contributed by atoms with Gasteiger partial charge in [0, 0.05) is 32.6 Å². The molecule has 0 bridgehead atoms. The number of carbonyl (C=O) groups excluding carboxylic acids is 2. The van der Waals surface area contributed by atoms with E-state index in [4.69, 9.17) is 4.74 Å². The number of ether oxygens (including phenoxy) is 1. The van der Waals surface area contributed by atoms with Crippen LogP contribution in [0.4, 0.5) is 0 Å². The van der Waals surface area contributed by atoms with Gasteiger partial charge in [-0.15, -0.1) is 0 Å². The van der Waals surface area contributed by atoms with E-state index in [9.17, 15) is 18.0 Å². The van der Waals surface area contributed by atoms with Gasteiger partial charge in [-0.1, -0.05) is 35.9 Å². The van der Waals surface area contributed by atoms with Crippen molar-refractivity contribution in [3.8, 4) is 0 Å². The fourth-order valence-electron chi connectivity index (χ4n) is 3.68. The van der Waals surface area contributed by atoms with Gasteiger partial charge in [0.15, 0.2) is 6.10 Å². The third-order valence-corrected chi connectivity index (χ3v) is 7.29. The summed E-state index contributed by atoms with van der Waals surface area (Å²) in [6.07, 6.45) is -0.527. The summed E-state index contributed by atoms with van der Waals surface area (Å²) < 4.78 is 32.4. The minimum atomic E-state index is -3.59.